The molecule has 1 aromatic rings. The van der Waals surface area contributed by atoms with Crippen molar-refractivity contribution in [3.05, 3.63) is 29.3 Å². The molecular formula is C16H23N3O2. The molecule has 1 atom stereocenters. The number of carbonyl (C=O) groups excluding carboxylic acids is 2. The highest BCUT2D eigenvalue weighted by atomic mass is 16.2. The number of hydrogen-bond donors (Lipinski definition) is 2. The van der Waals surface area contributed by atoms with Gasteiger partial charge in [-0.05, 0) is 44.0 Å². The second-order valence-corrected chi connectivity index (χ2v) is 5.76. The van der Waals surface area contributed by atoms with E-state index in [1.165, 1.54) is 4.90 Å². The minimum atomic E-state index is -0.0650. The van der Waals surface area contributed by atoms with Gasteiger partial charge < -0.3 is 15.5 Å². The van der Waals surface area contributed by atoms with Gasteiger partial charge in [0.1, 0.15) is 0 Å². The molecule has 1 heterocycles. The fraction of sp³-hybridized carbons (Fsp3) is 0.500. The van der Waals surface area contributed by atoms with E-state index in [1.807, 2.05) is 13.0 Å². The van der Waals surface area contributed by atoms with Crippen molar-refractivity contribution in [3.8, 4) is 0 Å². The normalized spacial score (nSPS) is 18.1. The van der Waals surface area contributed by atoms with Gasteiger partial charge >= 0.3 is 0 Å². The topological polar surface area (TPSA) is 61.4 Å². The molecule has 1 aliphatic heterocycles. The Labute approximate surface area is 125 Å². The first-order valence-electron chi connectivity index (χ1n) is 7.33. The van der Waals surface area contributed by atoms with Crippen molar-refractivity contribution in [2.24, 2.45) is 5.92 Å². The van der Waals surface area contributed by atoms with Gasteiger partial charge in [0.2, 0.25) is 5.91 Å². The number of nitrogens with one attached hydrogen (secondary N) is 2. The number of amides is 2. The SMILES string of the molecule is Cc1ccc(C(=O)N(C)C)cc1NC(=O)C1CCCNC1. The fourth-order valence-electron chi connectivity index (χ4n) is 2.46. The molecule has 0 saturated carbocycles. The minimum Gasteiger partial charge on any atom is -0.345 e. The van der Waals surface area contributed by atoms with E-state index in [0.717, 1.165) is 37.2 Å². The molecule has 2 amide bonds. The smallest absolute Gasteiger partial charge is 0.253 e. The first-order valence-corrected chi connectivity index (χ1v) is 7.33. The van der Waals surface area contributed by atoms with Crippen LogP contribution in [0.1, 0.15) is 28.8 Å². The zero-order valence-electron chi connectivity index (χ0n) is 12.9. The van der Waals surface area contributed by atoms with Crippen LogP contribution in [0.15, 0.2) is 18.2 Å². The van der Waals surface area contributed by atoms with Gasteiger partial charge in [-0.15, -0.1) is 0 Å². The Kier molecular flexibility index (Phi) is 4.96. The molecular weight excluding hydrogens is 266 g/mol. The van der Waals surface area contributed by atoms with Crippen LogP contribution in [0.5, 0.6) is 0 Å². The number of anilines is 1. The maximum atomic E-state index is 12.3. The van der Waals surface area contributed by atoms with Gasteiger partial charge in [0.25, 0.3) is 5.91 Å². The van der Waals surface area contributed by atoms with Crippen LogP contribution >= 0.6 is 0 Å². The molecule has 21 heavy (non-hydrogen) atoms. The highest BCUT2D eigenvalue weighted by molar-refractivity contribution is 5.98. The lowest BCUT2D eigenvalue weighted by Crippen LogP contribution is -2.37. The summed E-state index contributed by atoms with van der Waals surface area (Å²) >= 11 is 0. The molecule has 5 heteroatoms. The average Bonchev–Trinajstić information content (AvgIpc) is 2.49. The first kappa shape index (κ1) is 15.5. The Morgan fingerprint density at radius 3 is 2.71 bits per heavy atom. The van der Waals surface area contributed by atoms with Crippen LogP contribution in [0.25, 0.3) is 0 Å². The molecule has 114 valence electrons. The molecule has 5 nitrogen and oxygen atoms in total. The molecule has 1 aromatic carbocycles. The molecule has 0 spiro atoms. The summed E-state index contributed by atoms with van der Waals surface area (Å²) in [5.74, 6) is -0.0315. The molecule has 2 rings (SSSR count). The van der Waals surface area contributed by atoms with E-state index in [2.05, 4.69) is 10.6 Å². The van der Waals surface area contributed by atoms with E-state index < -0.39 is 0 Å². The third-order valence-electron chi connectivity index (χ3n) is 3.82. The molecule has 1 saturated heterocycles. The molecule has 2 N–H and O–H groups in total. The van der Waals surface area contributed by atoms with Gasteiger partial charge in [0.05, 0.1) is 5.92 Å². The lowest BCUT2D eigenvalue weighted by Gasteiger charge is -2.22. The van der Waals surface area contributed by atoms with Crippen molar-refractivity contribution in [3.63, 3.8) is 0 Å². The fourth-order valence-corrected chi connectivity index (χ4v) is 2.46. The molecule has 0 aliphatic carbocycles. The Morgan fingerprint density at radius 2 is 2.10 bits per heavy atom. The van der Waals surface area contributed by atoms with Crippen LogP contribution in [-0.2, 0) is 4.79 Å². The number of benzene rings is 1. The van der Waals surface area contributed by atoms with Crippen molar-refractivity contribution in [2.75, 3.05) is 32.5 Å². The van der Waals surface area contributed by atoms with E-state index in [-0.39, 0.29) is 17.7 Å². The number of nitrogens with zero attached hydrogens (tertiary/aromatic N) is 1. The van der Waals surface area contributed by atoms with Crippen LogP contribution in [0.4, 0.5) is 5.69 Å². The molecule has 1 aliphatic rings. The highest BCUT2D eigenvalue weighted by Crippen LogP contribution is 2.20. The average molecular weight is 289 g/mol. The maximum absolute atomic E-state index is 12.3. The second kappa shape index (κ2) is 6.72. The zero-order chi connectivity index (χ0) is 15.4. The molecule has 0 bridgehead atoms. The molecule has 1 unspecified atom stereocenters. The van der Waals surface area contributed by atoms with Crippen molar-refractivity contribution in [1.29, 1.82) is 0 Å². The van der Waals surface area contributed by atoms with Crippen molar-refractivity contribution < 1.29 is 9.59 Å². The predicted molar refractivity (Wildman–Crippen MR) is 83.4 cm³/mol. The summed E-state index contributed by atoms with van der Waals surface area (Å²) in [6.07, 6.45) is 1.93. The second-order valence-electron chi connectivity index (χ2n) is 5.76. The summed E-state index contributed by atoms with van der Waals surface area (Å²) in [6.45, 7) is 3.63. The van der Waals surface area contributed by atoms with Crippen molar-refractivity contribution in [1.82, 2.24) is 10.2 Å². The van der Waals surface area contributed by atoms with Crippen molar-refractivity contribution >= 4 is 17.5 Å². The summed E-state index contributed by atoms with van der Waals surface area (Å²) < 4.78 is 0. The van der Waals surface area contributed by atoms with Crippen LogP contribution < -0.4 is 10.6 Å². The Balaban J connectivity index is 2.13. The lowest BCUT2D eigenvalue weighted by atomic mass is 9.98. The standard InChI is InChI=1S/C16H23N3O2/c1-11-6-7-12(16(21)19(2)3)9-14(11)18-15(20)13-5-4-8-17-10-13/h6-7,9,13,17H,4-5,8,10H2,1-3H3,(H,18,20). The van der Waals surface area contributed by atoms with Gasteiger partial charge in [-0.1, -0.05) is 6.07 Å². The van der Waals surface area contributed by atoms with E-state index in [0.29, 0.717) is 5.56 Å². The first-order chi connectivity index (χ1) is 9.99. The number of hydrogen-bond acceptors (Lipinski definition) is 3. The van der Waals surface area contributed by atoms with Gasteiger partial charge in [-0.2, -0.15) is 0 Å². The number of aryl methyl sites for hydroxylation is 1. The third-order valence-corrected chi connectivity index (χ3v) is 3.82. The van der Waals surface area contributed by atoms with Crippen molar-refractivity contribution in [2.45, 2.75) is 19.8 Å². The van der Waals surface area contributed by atoms with Gasteiger partial charge in [0, 0.05) is 31.9 Å². The number of rotatable bonds is 3. The van der Waals surface area contributed by atoms with Gasteiger partial charge in [-0.3, -0.25) is 9.59 Å². The van der Waals surface area contributed by atoms with E-state index in [9.17, 15) is 9.59 Å². The van der Waals surface area contributed by atoms with Gasteiger partial charge in [-0.25, -0.2) is 0 Å². The molecule has 0 aromatic heterocycles. The van der Waals surface area contributed by atoms with E-state index in [4.69, 9.17) is 0 Å². The zero-order valence-corrected chi connectivity index (χ0v) is 12.9. The largest absolute Gasteiger partial charge is 0.345 e. The lowest BCUT2D eigenvalue weighted by molar-refractivity contribution is -0.120. The monoisotopic (exact) mass is 289 g/mol. The molecule has 1 fully saturated rings. The summed E-state index contributed by atoms with van der Waals surface area (Å²) in [5, 5.41) is 6.20. The Hall–Kier alpha value is -1.88. The van der Waals surface area contributed by atoms with Gasteiger partial charge in [0.15, 0.2) is 0 Å². The third kappa shape index (κ3) is 3.82. The summed E-state index contributed by atoms with van der Waals surface area (Å²) in [6, 6.07) is 5.41. The highest BCUT2D eigenvalue weighted by Gasteiger charge is 2.21. The summed E-state index contributed by atoms with van der Waals surface area (Å²) in [5.41, 5.74) is 2.27. The quantitative estimate of drug-likeness (QED) is 0.889. The summed E-state index contributed by atoms with van der Waals surface area (Å²) in [4.78, 5) is 25.8. The summed E-state index contributed by atoms with van der Waals surface area (Å²) in [7, 11) is 3.43. The number of carbonyl (C=O) groups is 2. The van der Waals surface area contributed by atoms with E-state index in [1.54, 1.807) is 26.2 Å². The molecule has 0 radical (unpaired) electrons. The Bertz CT molecular complexity index is 534. The maximum Gasteiger partial charge on any atom is 0.253 e. The number of piperidine rings is 1. The van der Waals surface area contributed by atoms with Crippen LogP contribution in [0, 0.1) is 12.8 Å². The van der Waals surface area contributed by atoms with E-state index >= 15 is 0 Å². The minimum absolute atomic E-state index is 0.00589. The van der Waals surface area contributed by atoms with Crippen LogP contribution in [-0.4, -0.2) is 43.9 Å². The Morgan fingerprint density at radius 1 is 1.33 bits per heavy atom. The predicted octanol–water partition coefficient (Wildman–Crippen LogP) is 1.63. The van der Waals surface area contributed by atoms with Crippen LogP contribution in [0.2, 0.25) is 0 Å². The van der Waals surface area contributed by atoms with Crippen LogP contribution in [0.3, 0.4) is 0 Å².